The van der Waals surface area contributed by atoms with Crippen molar-refractivity contribution in [2.75, 3.05) is 28.2 Å². The van der Waals surface area contributed by atoms with Crippen LogP contribution in [0.4, 0.5) is 22.7 Å². The molecule has 3 aromatic carbocycles. The largest absolute Gasteiger partial charge is 0.372 e. The van der Waals surface area contributed by atoms with Gasteiger partial charge in [0.2, 0.25) is 0 Å². The Balaban J connectivity index is 1.52. The predicted molar refractivity (Wildman–Crippen MR) is 130 cm³/mol. The summed E-state index contributed by atoms with van der Waals surface area (Å²) < 4.78 is 0. The van der Waals surface area contributed by atoms with Gasteiger partial charge in [0.1, 0.15) is 5.70 Å². The minimum atomic E-state index is -0.503. The van der Waals surface area contributed by atoms with Gasteiger partial charge in [0.05, 0.1) is 16.2 Å². The van der Waals surface area contributed by atoms with Crippen molar-refractivity contribution in [3.05, 3.63) is 100 Å². The maximum atomic E-state index is 13.4. The Morgan fingerprint density at radius 2 is 1.41 bits per heavy atom. The summed E-state index contributed by atoms with van der Waals surface area (Å²) in [6.45, 7) is 2.06. The molecule has 170 valence electrons. The van der Waals surface area contributed by atoms with Gasteiger partial charge in [0.25, 0.3) is 17.5 Å². The van der Waals surface area contributed by atoms with E-state index in [2.05, 4.69) is 10.2 Å². The molecule has 0 unspecified atom stereocenters. The standard InChI is InChI=1S/C26H22N4O4/c31-25-23(18-8-12-22(13-9-18)30(33)34)24(26(32)29(25)21-6-2-1-3-7-21)27-19-10-14-20(15-11-19)28-16-4-5-17-28/h1-3,6-15,27H,4-5,16-17H2. The Morgan fingerprint density at radius 1 is 0.765 bits per heavy atom. The van der Waals surface area contributed by atoms with Crippen LogP contribution < -0.4 is 15.1 Å². The lowest BCUT2D eigenvalue weighted by Gasteiger charge is -2.18. The van der Waals surface area contributed by atoms with E-state index < -0.39 is 16.7 Å². The number of carbonyl (C=O) groups is 2. The minimum absolute atomic E-state index is 0.0898. The molecule has 2 amide bonds. The maximum Gasteiger partial charge on any atom is 0.282 e. The van der Waals surface area contributed by atoms with Gasteiger partial charge in [-0.05, 0) is 66.9 Å². The highest BCUT2D eigenvalue weighted by Gasteiger charge is 2.40. The van der Waals surface area contributed by atoms with Crippen LogP contribution in [0, 0.1) is 10.1 Å². The molecule has 5 rings (SSSR count). The van der Waals surface area contributed by atoms with Crippen LogP contribution in [0.5, 0.6) is 0 Å². The second-order valence-electron chi connectivity index (χ2n) is 8.20. The van der Waals surface area contributed by atoms with Gasteiger partial charge in [-0.2, -0.15) is 0 Å². The number of benzene rings is 3. The first-order valence-electron chi connectivity index (χ1n) is 11.1. The third-order valence-electron chi connectivity index (χ3n) is 6.07. The molecule has 2 aliphatic heterocycles. The number of hydrogen-bond acceptors (Lipinski definition) is 6. The molecule has 1 saturated heterocycles. The highest BCUT2D eigenvalue weighted by molar-refractivity contribution is 6.46. The number of nitro benzene ring substituents is 1. The SMILES string of the molecule is O=C1C(Nc2ccc(N3CCCC3)cc2)=C(c2ccc([N+](=O)[O-])cc2)C(=O)N1c1ccccc1. The fourth-order valence-electron chi connectivity index (χ4n) is 4.35. The van der Waals surface area contributed by atoms with Gasteiger partial charge in [-0.15, -0.1) is 0 Å². The normalized spacial score (nSPS) is 15.9. The van der Waals surface area contributed by atoms with Crippen LogP contribution in [0.15, 0.2) is 84.6 Å². The molecule has 2 aliphatic rings. The first kappa shape index (κ1) is 21.4. The smallest absolute Gasteiger partial charge is 0.282 e. The molecule has 34 heavy (non-hydrogen) atoms. The van der Waals surface area contributed by atoms with Crippen molar-refractivity contribution in [2.24, 2.45) is 0 Å². The van der Waals surface area contributed by atoms with Crippen LogP contribution in [0.3, 0.4) is 0 Å². The highest BCUT2D eigenvalue weighted by Crippen LogP contribution is 2.34. The number of hydrogen-bond donors (Lipinski definition) is 1. The van der Waals surface area contributed by atoms with E-state index in [0.717, 1.165) is 23.7 Å². The third-order valence-corrected chi connectivity index (χ3v) is 6.07. The average molecular weight is 454 g/mol. The van der Waals surface area contributed by atoms with E-state index >= 15 is 0 Å². The molecule has 1 N–H and O–H groups in total. The number of amides is 2. The molecular weight excluding hydrogens is 432 g/mol. The highest BCUT2D eigenvalue weighted by atomic mass is 16.6. The van der Waals surface area contributed by atoms with E-state index in [1.54, 1.807) is 30.3 Å². The number of nitro groups is 1. The lowest BCUT2D eigenvalue weighted by molar-refractivity contribution is -0.384. The van der Waals surface area contributed by atoms with E-state index in [1.807, 2.05) is 24.3 Å². The molecule has 0 atom stereocenters. The summed E-state index contributed by atoms with van der Waals surface area (Å²) in [5.74, 6) is -0.964. The van der Waals surface area contributed by atoms with Crippen LogP contribution in [0.1, 0.15) is 18.4 Å². The quantitative estimate of drug-likeness (QED) is 0.332. The zero-order chi connectivity index (χ0) is 23.7. The van der Waals surface area contributed by atoms with Crippen LogP contribution in [0.25, 0.3) is 5.57 Å². The number of anilines is 3. The Labute approximate surface area is 196 Å². The molecule has 0 spiro atoms. The summed E-state index contributed by atoms with van der Waals surface area (Å²) in [5.41, 5.74) is 2.90. The van der Waals surface area contributed by atoms with Crippen molar-refractivity contribution >= 4 is 40.1 Å². The summed E-state index contributed by atoms with van der Waals surface area (Å²) in [7, 11) is 0. The topological polar surface area (TPSA) is 95.8 Å². The van der Waals surface area contributed by atoms with Crippen LogP contribution in [0.2, 0.25) is 0 Å². The van der Waals surface area contributed by atoms with Gasteiger partial charge in [-0.1, -0.05) is 18.2 Å². The number of rotatable bonds is 6. The van der Waals surface area contributed by atoms with E-state index in [0.29, 0.717) is 16.9 Å². The third kappa shape index (κ3) is 3.90. The molecule has 0 aliphatic carbocycles. The molecule has 0 aromatic heterocycles. The molecule has 3 aromatic rings. The zero-order valence-corrected chi connectivity index (χ0v) is 18.3. The number of nitrogens with one attached hydrogen (secondary N) is 1. The number of carbonyl (C=O) groups excluding carboxylic acids is 2. The minimum Gasteiger partial charge on any atom is -0.372 e. The Bertz CT molecular complexity index is 1280. The summed E-state index contributed by atoms with van der Waals surface area (Å²) in [6, 6.07) is 22.1. The molecular formula is C26H22N4O4. The van der Waals surface area contributed by atoms with Crippen molar-refractivity contribution in [2.45, 2.75) is 12.8 Å². The average Bonchev–Trinajstić information content (AvgIpc) is 3.47. The predicted octanol–water partition coefficient (Wildman–Crippen LogP) is 4.59. The van der Waals surface area contributed by atoms with Crippen LogP contribution >= 0.6 is 0 Å². The summed E-state index contributed by atoms with van der Waals surface area (Å²) in [6.07, 6.45) is 2.36. The van der Waals surface area contributed by atoms with Gasteiger partial charge in [0.15, 0.2) is 0 Å². The Hall–Kier alpha value is -4.46. The van der Waals surface area contributed by atoms with E-state index in [9.17, 15) is 19.7 Å². The first-order valence-corrected chi connectivity index (χ1v) is 11.1. The molecule has 0 radical (unpaired) electrons. The second kappa shape index (κ2) is 8.82. The fraction of sp³-hybridized carbons (Fsp3) is 0.154. The Kier molecular flexibility index (Phi) is 5.55. The van der Waals surface area contributed by atoms with Crippen molar-refractivity contribution in [3.63, 3.8) is 0 Å². The lowest BCUT2D eigenvalue weighted by atomic mass is 10.0. The summed E-state index contributed by atoms with van der Waals surface area (Å²) in [4.78, 5) is 40.9. The van der Waals surface area contributed by atoms with Crippen molar-refractivity contribution < 1.29 is 14.5 Å². The zero-order valence-electron chi connectivity index (χ0n) is 18.3. The molecule has 1 fully saturated rings. The number of non-ortho nitro benzene ring substituents is 1. The van der Waals surface area contributed by atoms with Crippen molar-refractivity contribution in [3.8, 4) is 0 Å². The monoisotopic (exact) mass is 454 g/mol. The number of para-hydroxylation sites is 1. The summed E-state index contributed by atoms with van der Waals surface area (Å²) >= 11 is 0. The van der Waals surface area contributed by atoms with E-state index in [1.165, 1.54) is 37.1 Å². The fourth-order valence-corrected chi connectivity index (χ4v) is 4.35. The second-order valence-corrected chi connectivity index (χ2v) is 8.20. The van der Waals surface area contributed by atoms with Gasteiger partial charge in [-0.3, -0.25) is 19.7 Å². The van der Waals surface area contributed by atoms with Gasteiger partial charge >= 0.3 is 0 Å². The maximum absolute atomic E-state index is 13.4. The molecule has 2 heterocycles. The molecule has 0 bridgehead atoms. The molecule has 8 nitrogen and oxygen atoms in total. The molecule has 8 heteroatoms. The van der Waals surface area contributed by atoms with Crippen LogP contribution in [-0.2, 0) is 9.59 Å². The van der Waals surface area contributed by atoms with E-state index in [4.69, 9.17) is 0 Å². The van der Waals surface area contributed by atoms with Gasteiger partial charge in [0, 0.05) is 36.6 Å². The lowest BCUT2D eigenvalue weighted by Crippen LogP contribution is -2.32. The number of imide groups is 1. The van der Waals surface area contributed by atoms with Gasteiger partial charge < -0.3 is 10.2 Å². The Morgan fingerprint density at radius 3 is 2.03 bits per heavy atom. The first-order chi connectivity index (χ1) is 16.5. The van der Waals surface area contributed by atoms with Crippen molar-refractivity contribution in [1.82, 2.24) is 0 Å². The van der Waals surface area contributed by atoms with Gasteiger partial charge in [-0.25, -0.2) is 4.90 Å². The van der Waals surface area contributed by atoms with E-state index in [-0.39, 0.29) is 17.0 Å². The van der Waals surface area contributed by atoms with Crippen LogP contribution in [-0.4, -0.2) is 29.8 Å². The van der Waals surface area contributed by atoms with Crippen molar-refractivity contribution in [1.29, 1.82) is 0 Å². The number of nitrogens with zero attached hydrogens (tertiary/aromatic N) is 3. The molecule has 0 saturated carbocycles. The summed E-state index contributed by atoms with van der Waals surface area (Å²) in [5, 5.41) is 14.2.